The smallest absolute Gasteiger partial charge is 0.307 e. The van der Waals surface area contributed by atoms with Crippen LogP contribution in [0, 0.1) is 0 Å². The second-order valence-corrected chi connectivity index (χ2v) is 4.66. The quantitative estimate of drug-likeness (QED) is 0.513. The summed E-state index contributed by atoms with van der Waals surface area (Å²) in [4.78, 5) is 25.6. The van der Waals surface area contributed by atoms with E-state index in [1.165, 1.54) is 14.2 Å². The van der Waals surface area contributed by atoms with Crippen LogP contribution in [0.5, 0.6) is 5.75 Å². The lowest BCUT2D eigenvalue weighted by molar-refractivity contribution is -0.140. The molecule has 0 aromatic heterocycles. The number of benzene rings is 1. The number of para-hydroxylation sites is 1. The molecule has 0 aliphatic carbocycles. The van der Waals surface area contributed by atoms with Crippen molar-refractivity contribution in [3.05, 3.63) is 29.8 Å². The molecule has 1 aromatic rings. The van der Waals surface area contributed by atoms with Crippen LogP contribution in [-0.2, 0) is 14.3 Å². The van der Waals surface area contributed by atoms with Gasteiger partial charge >= 0.3 is 5.97 Å². The first kappa shape index (κ1) is 18.0. The van der Waals surface area contributed by atoms with E-state index < -0.39 is 0 Å². The molecule has 122 valence electrons. The highest BCUT2D eigenvalue weighted by Gasteiger charge is 2.20. The Kier molecular flexibility index (Phi) is 7.99. The first-order chi connectivity index (χ1) is 10.6. The molecule has 0 aliphatic heterocycles. The number of esters is 1. The van der Waals surface area contributed by atoms with E-state index in [1.807, 2.05) is 0 Å². The van der Waals surface area contributed by atoms with E-state index in [9.17, 15) is 9.59 Å². The molecule has 0 unspecified atom stereocenters. The second kappa shape index (κ2) is 9.78. The molecule has 6 heteroatoms. The van der Waals surface area contributed by atoms with Gasteiger partial charge in [-0.3, -0.25) is 9.59 Å². The van der Waals surface area contributed by atoms with Gasteiger partial charge in [-0.05, 0) is 18.6 Å². The van der Waals surface area contributed by atoms with Gasteiger partial charge in [-0.15, -0.1) is 0 Å². The van der Waals surface area contributed by atoms with Crippen LogP contribution in [0.4, 0.5) is 0 Å². The monoisotopic (exact) mass is 309 g/mol. The van der Waals surface area contributed by atoms with Gasteiger partial charge in [-0.1, -0.05) is 12.1 Å². The molecule has 0 N–H and O–H groups in total. The van der Waals surface area contributed by atoms with Gasteiger partial charge in [0.05, 0.1) is 26.2 Å². The number of carbonyl (C=O) groups is 2. The minimum Gasteiger partial charge on any atom is -0.496 e. The van der Waals surface area contributed by atoms with E-state index in [0.717, 1.165) is 0 Å². The van der Waals surface area contributed by atoms with Gasteiger partial charge < -0.3 is 19.1 Å². The molecule has 22 heavy (non-hydrogen) atoms. The third-order valence-electron chi connectivity index (χ3n) is 3.21. The molecule has 1 rings (SSSR count). The first-order valence-electron chi connectivity index (χ1n) is 7.12. The van der Waals surface area contributed by atoms with Gasteiger partial charge in [0.15, 0.2) is 0 Å². The summed E-state index contributed by atoms with van der Waals surface area (Å²) in [6.07, 6.45) is 0.850. The average molecular weight is 309 g/mol. The molecule has 0 aliphatic rings. The predicted molar refractivity (Wildman–Crippen MR) is 82.0 cm³/mol. The lowest BCUT2D eigenvalue weighted by Crippen LogP contribution is -2.34. The molecular weight excluding hydrogens is 286 g/mol. The summed E-state index contributed by atoms with van der Waals surface area (Å²) in [7, 11) is 4.47. The third-order valence-corrected chi connectivity index (χ3v) is 3.21. The molecule has 1 aromatic carbocycles. The van der Waals surface area contributed by atoms with Crippen molar-refractivity contribution in [3.63, 3.8) is 0 Å². The molecule has 0 spiro atoms. The number of hydrogen-bond acceptors (Lipinski definition) is 5. The maximum atomic E-state index is 12.7. The first-order valence-corrected chi connectivity index (χ1v) is 7.12. The van der Waals surface area contributed by atoms with Crippen molar-refractivity contribution in [3.8, 4) is 5.75 Å². The van der Waals surface area contributed by atoms with E-state index in [-0.39, 0.29) is 18.3 Å². The third kappa shape index (κ3) is 5.37. The van der Waals surface area contributed by atoms with Gasteiger partial charge in [-0.25, -0.2) is 0 Å². The van der Waals surface area contributed by atoms with Crippen molar-refractivity contribution < 1.29 is 23.8 Å². The Morgan fingerprint density at radius 3 is 2.45 bits per heavy atom. The number of ether oxygens (including phenoxy) is 3. The maximum absolute atomic E-state index is 12.7. The molecule has 0 heterocycles. The number of methoxy groups -OCH3 is 3. The van der Waals surface area contributed by atoms with Gasteiger partial charge in [0.25, 0.3) is 5.91 Å². The van der Waals surface area contributed by atoms with E-state index in [4.69, 9.17) is 9.47 Å². The number of rotatable bonds is 9. The van der Waals surface area contributed by atoms with E-state index >= 15 is 0 Å². The van der Waals surface area contributed by atoms with Gasteiger partial charge in [0.1, 0.15) is 5.75 Å². The Morgan fingerprint density at radius 2 is 1.82 bits per heavy atom. The van der Waals surface area contributed by atoms with Gasteiger partial charge in [0.2, 0.25) is 0 Å². The summed E-state index contributed by atoms with van der Waals surface area (Å²) in [5.41, 5.74) is 0.479. The summed E-state index contributed by atoms with van der Waals surface area (Å²) in [6.45, 7) is 1.35. The van der Waals surface area contributed by atoms with Crippen LogP contribution in [0.25, 0.3) is 0 Å². The molecular formula is C16H23NO5. The second-order valence-electron chi connectivity index (χ2n) is 4.66. The largest absolute Gasteiger partial charge is 0.496 e. The van der Waals surface area contributed by atoms with E-state index in [2.05, 4.69) is 4.74 Å². The minimum absolute atomic E-state index is 0.157. The molecule has 0 bridgehead atoms. The summed E-state index contributed by atoms with van der Waals surface area (Å²) in [5.74, 6) is 0.00401. The Bertz CT molecular complexity index is 489. The zero-order valence-electron chi connectivity index (χ0n) is 13.3. The standard InChI is InChI=1S/C16H23NO5/c1-20-12-6-10-17(11-9-15(18)22-3)16(19)13-7-4-5-8-14(13)21-2/h4-5,7-8H,6,9-12H2,1-3H3. The fraction of sp³-hybridized carbons (Fsp3) is 0.500. The van der Waals surface area contributed by atoms with Crippen molar-refractivity contribution in [1.29, 1.82) is 0 Å². The minimum atomic E-state index is -0.343. The fourth-order valence-electron chi connectivity index (χ4n) is 2.03. The predicted octanol–water partition coefficient (Wildman–Crippen LogP) is 1.74. The van der Waals surface area contributed by atoms with Crippen molar-refractivity contribution >= 4 is 11.9 Å². The molecule has 0 fully saturated rings. The van der Waals surface area contributed by atoms with Crippen molar-refractivity contribution in [2.45, 2.75) is 12.8 Å². The number of carbonyl (C=O) groups excluding carboxylic acids is 2. The highest BCUT2D eigenvalue weighted by Crippen LogP contribution is 2.19. The summed E-state index contributed by atoms with van der Waals surface area (Å²) < 4.78 is 14.9. The summed E-state index contributed by atoms with van der Waals surface area (Å²) in [5, 5.41) is 0. The van der Waals surface area contributed by atoms with Crippen molar-refractivity contribution in [2.24, 2.45) is 0 Å². The normalized spacial score (nSPS) is 10.1. The molecule has 0 saturated heterocycles. The Labute approximate surface area is 131 Å². The van der Waals surface area contributed by atoms with Crippen molar-refractivity contribution in [1.82, 2.24) is 4.90 Å². The molecule has 0 radical (unpaired) electrons. The Balaban J connectivity index is 2.83. The van der Waals surface area contributed by atoms with Crippen LogP contribution in [-0.4, -0.2) is 57.8 Å². The summed E-state index contributed by atoms with van der Waals surface area (Å²) >= 11 is 0. The van der Waals surface area contributed by atoms with E-state index in [1.54, 1.807) is 36.3 Å². The van der Waals surface area contributed by atoms with Crippen LogP contribution in [0.2, 0.25) is 0 Å². The van der Waals surface area contributed by atoms with Crippen LogP contribution in [0.1, 0.15) is 23.2 Å². The topological polar surface area (TPSA) is 65.1 Å². The average Bonchev–Trinajstić information content (AvgIpc) is 2.56. The molecule has 0 atom stereocenters. The Hall–Kier alpha value is -2.08. The molecule has 6 nitrogen and oxygen atoms in total. The van der Waals surface area contributed by atoms with Crippen molar-refractivity contribution in [2.75, 3.05) is 41.0 Å². The zero-order chi connectivity index (χ0) is 16.4. The van der Waals surface area contributed by atoms with Crippen LogP contribution < -0.4 is 4.74 Å². The van der Waals surface area contributed by atoms with Crippen LogP contribution in [0.3, 0.4) is 0 Å². The summed E-state index contributed by atoms with van der Waals surface area (Å²) in [6, 6.07) is 7.03. The highest BCUT2D eigenvalue weighted by atomic mass is 16.5. The SMILES string of the molecule is COCCCN(CCC(=O)OC)C(=O)c1ccccc1OC. The Morgan fingerprint density at radius 1 is 1.09 bits per heavy atom. The van der Waals surface area contributed by atoms with Gasteiger partial charge in [-0.2, -0.15) is 0 Å². The molecule has 1 amide bonds. The fourth-order valence-corrected chi connectivity index (χ4v) is 2.03. The number of hydrogen-bond donors (Lipinski definition) is 0. The van der Waals surface area contributed by atoms with Gasteiger partial charge in [0, 0.05) is 26.8 Å². The highest BCUT2D eigenvalue weighted by molar-refractivity contribution is 5.97. The maximum Gasteiger partial charge on any atom is 0.307 e. The van der Waals surface area contributed by atoms with Crippen LogP contribution in [0.15, 0.2) is 24.3 Å². The van der Waals surface area contributed by atoms with E-state index in [0.29, 0.717) is 37.4 Å². The van der Waals surface area contributed by atoms with Crippen LogP contribution >= 0.6 is 0 Å². The zero-order valence-corrected chi connectivity index (χ0v) is 13.3. The molecule has 0 saturated carbocycles. The number of nitrogens with zero attached hydrogens (tertiary/aromatic N) is 1. The number of amides is 1. The lowest BCUT2D eigenvalue weighted by Gasteiger charge is -2.23. The lowest BCUT2D eigenvalue weighted by atomic mass is 10.1.